The summed E-state index contributed by atoms with van der Waals surface area (Å²) >= 11 is 0. The fourth-order valence-corrected chi connectivity index (χ4v) is 1.06. The SMILES string of the molecule is C=C(C)C(=O)OCCOCCC(C)[N+](C)(C)C. The number of carbonyl (C=O) groups excluding carboxylic acids is 1. The maximum absolute atomic E-state index is 11.0. The molecule has 0 rings (SSSR count). The molecule has 0 aliphatic rings. The lowest BCUT2D eigenvalue weighted by atomic mass is 10.2. The molecule has 0 heterocycles. The zero-order valence-corrected chi connectivity index (χ0v) is 11.8. The molecular weight excluding hydrogens is 218 g/mol. The van der Waals surface area contributed by atoms with Crippen molar-refractivity contribution in [1.82, 2.24) is 0 Å². The van der Waals surface area contributed by atoms with Crippen LogP contribution in [0.3, 0.4) is 0 Å². The van der Waals surface area contributed by atoms with Crippen molar-refractivity contribution < 1.29 is 18.8 Å². The lowest BCUT2D eigenvalue weighted by Crippen LogP contribution is -2.43. The second kappa shape index (κ2) is 7.45. The molecule has 0 aromatic rings. The third-order valence-corrected chi connectivity index (χ3v) is 2.81. The topological polar surface area (TPSA) is 35.5 Å². The van der Waals surface area contributed by atoms with E-state index in [-0.39, 0.29) is 5.97 Å². The van der Waals surface area contributed by atoms with Crippen LogP contribution in [0.15, 0.2) is 12.2 Å². The molecule has 0 aromatic carbocycles. The van der Waals surface area contributed by atoms with Gasteiger partial charge in [0.15, 0.2) is 0 Å². The smallest absolute Gasteiger partial charge is 0.333 e. The highest BCUT2D eigenvalue weighted by Crippen LogP contribution is 2.06. The molecule has 0 fully saturated rings. The second-order valence-electron chi connectivity index (χ2n) is 5.28. The highest BCUT2D eigenvalue weighted by molar-refractivity contribution is 5.86. The van der Waals surface area contributed by atoms with E-state index in [4.69, 9.17) is 9.47 Å². The van der Waals surface area contributed by atoms with E-state index < -0.39 is 0 Å². The fourth-order valence-electron chi connectivity index (χ4n) is 1.06. The summed E-state index contributed by atoms with van der Waals surface area (Å²) in [5.74, 6) is -0.353. The van der Waals surface area contributed by atoms with Gasteiger partial charge in [0, 0.05) is 12.0 Å². The Kier molecular flexibility index (Phi) is 7.07. The van der Waals surface area contributed by atoms with Gasteiger partial charge in [-0.15, -0.1) is 0 Å². The zero-order valence-electron chi connectivity index (χ0n) is 11.8. The van der Waals surface area contributed by atoms with Crippen molar-refractivity contribution in [2.45, 2.75) is 26.3 Å². The van der Waals surface area contributed by atoms with Gasteiger partial charge < -0.3 is 14.0 Å². The third-order valence-electron chi connectivity index (χ3n) is 2.81. The Bertz CT molecular complexity index is 256. The Morgan fingerprint density at radius 3 is 2.29 bits per heavy atom. The standard InChI is InChI=1S/C13H26NO3/c1-11(2)13(15)17-10-9-16-8-7-12(3)14(4,5)6/h12H,1,7-10H2,2-6H3/q+1. The van der Waals surface area contributed by atoms with Crippen LogP contribution in [-0.2, 0) is 14.3 Å². The summed E-state index contributed by atoms with van der Waals surface area (Å²) in [6.07, 6.45) is 0.998. The fraction of sp³-hybridized carbons (Fsp3) is 0.769. The Hall–Kier alpha value is -0.870. The number of ether oxygens (including phenoxy) is 2. The minimum atomic E-state index is -0.353. The molecule has 0 aliphatic carbocycles. The van der Waals surface area contributed by atoms with Gasteiger partial charge in [0.05, 0.1) is 40.4 Å². The van der Waals surface area contributed by atoms with Crippen LogP contribution in [0.4, 0.5) is 0 Å². The summed E-state index contributed by atoms with van der Waals surface area (Å²) in [6.45, 7) is 8.77. The van der Waals surface area contributed by atoms with Gasteiger partial charge in [0.2, 0.25) is 0 Å². The molecule has 0 N–H and O–H groups in total. The molecule has 0 radical (unpaired) electrons. The predicted octanol–water partition coefficient (Wildman–Crippen LogP) is 1.61. The average Bonchev–Trinajstić information content (AvgIpc) is 2.20. The second-order valence-corrected chi connectivity index (χ2v) is 5.28. The quantitative estimate of drug-likeness (QED) is 0.282. The first-order valence-electron chi connectivity index (χ1n) is 5.96. The largest absolute Gasteiger partial charge is 0.460 e. The molecule has 0 aromatic heterocycles. The maximum atomic E-state index is 11.0. The van der Waals surface area contributed by atoms with Crippen molar-refractivity contribution in [2.75, 3.05) is 41.0 Å². The van der Waals surface area contributed by atoms with E-state index in [9.17, 15) is 4.79 Å². The van der Waals surface area contributed by atoms with Crippen LogP contribution in [-0.4, -0.2) is 57.5 Å². The number of nitrogens with zero attached hydrogens (tertiary/aromatic N) is 1. The van der Waals surface area contributed by atoms with Gasteiger partial charge in [-0.05, 0) is 13.8 Å². The molecule has 0 spiro atoms. The van der Waals surface area contributed by atoms with Gasteiger partial charge in [0.25, 0.3) is 0 Å². The Morgan fingerprint density at radius 2 is 1.82 bits per heavy atom. The summed E-state index contributed by atoms with van der Waals surface area (Å²) in [5.41, 5.74) is 0.420. The lowest BCUT2D eigenvalue weighted by Gasteiger charge is -2.31. The first-order chi connectivity index (χ1) is 7.75. The number of quaternary nitrogens is 1. The summed E-state index contributed by atoms with van der Waals surface area (Å²) in [5, 5.41) is 0. The van der Waals surface area contributed by atoms with Crippen LogP contribution in [0.1, 0.15) is 20.3 Å². The zero-order chi connectivity index (χ0) is 13.5. The molecule has 4 nitrogen and oxygen atoms in total. The van der Waals surface area contributed by atoms with Gasteiger partial charge in [-0.1, -0.05) is 6.58 Å². The molecule has 4 heteroatoms. The van der Waals surface area contributed by atoms with E-state index in [2.05, 4.69) is 34.6 Å². The molecule has 1 atom stereocenters. The third kappa shape index (κ3) is 7.94. The van der Waals surface area contributed by atoms with E-state index in [1.165, 1.54) is 0 Å². The number of carbonyl (C=O) groups is 1. The van der Waals surface area contributed by atoms with Gasteiger partial charge in [0.1, 0.15) is 6.61 Å². The number of esters is 1. The van der Waals surface area contributed by atoms with Crippen LogP contribution < -0.4 is 0 Å². The minimum absolute atomic E-state index is 0.296. The van der Waals surface area contributed by atoms with Gasteiger partial charge in [-0.2, -0.15) is 0 Å². The van der Waals surface area contributed by atoms with Crippen molar-refractivity contribution >= 4 is 5.97 Å². The molecule has 100 valence electrons. The monoisotopic (exact) mass is 244 g/mol. The molecule has 0 bridgehead atoms. The van der Waals surface area contributed by atoms with E-state index in [1.807, 2.05) is 0 Å². The van der Waals surface area contributed by atoms with Crippen molar-refractivity contribution in [3.63, 3.8) is 0 Å². The van der Waals surface area contributed by atoms with Crippen LogP contribution in [0, 0.1) is 0 Å². The highest BCUT2D eigenvalue weighted by Gasteiger charge is 2.17. The molecule has 17 heavy (non-hydrogen) atoms. The molecular formula is C13H26NO3+. The molecule has 0 amide bonds. The van der Waals surface area contributed by atoms with Crippen LogP contribution in [0.25, 0.3) is 0 Å². The summed E-state index contributed by atoms with van der Waals surface area (Å²) in [6, 6.07) is 0.549. The minimum Gasteiger partial charge on any atom is -0.460 e. The Morgan fingerprint density at radius 1 is 1.24 bits per heavy atom. The van der Waals surface area contributed by atoms with Crippen molar-refractivity contribution in [2.24, 2.45) is 0 Å². The first-order valence-corrected chi connectivity index (χ1v) is 5.96. The maximum Gasteiger partial charge on any atom is 0.333 e. The lowest BCUT2D eigenvalue weighted by molar-refractivity contribution is -0.894. The summed E-state index contributed by atoms with van der Waals surface area (Å²) < 4.78 is 11.2. The van der Waals surface area contributed by atoms with E-state index in [1.54, 1.807) is 6.92 Å². The number of hydrogen-bond acceptors (Lipinski definition) is 3. The molecule has 0 aliphatic heterocycles. The van der Waals surface area contributed by atoms with Gasteiger partial charge in [-0.3, -0.25) is 0 Å². The predicted molar refractivity (Wildman–Crippen MR) is 68.7 cm³/mol. The number of hydrogen-bond donors (Lipinski definition) is 0. The average molecular weight is 244 g/mol. The number of rotatable bonds is 8. The van der Waals surface area contributed by atoms with Crippen molar-refractivity contribution in [3.05, 3.63) is 12.2 Å². The Labute approximate surface area is 105 Å². The Balaban J connectivity index is 3.48. The van der Waals surface area contributed by atoms with Crippen LogP contribution in [0.2, 0.25) is 0 Å². The molecule has 0 saturated heterocycles. The van der Waals surface area contributed by atoms with E-state index in [0.29, 0.717) is 31.4 Å². The summed E-state index contributed by atoms with van der Waals surface area (Å²) in [4.78, 5) is 11.0. The van der Waals surface area contributed by atoms with E-state index >= 15 is 0 Å². The van der Waals surface area contributed by atoms with Crippen molar-refractivity contribution in [1.29, 1.82) is 0 Å². The van der Waals surface area contributed by atoms with Crippen LogP contribution in [0.5, 0.6) is 0 Å². The van der Waals surface area contributed by atoms with Crippen molar-refractivity contribution in [3.8, 4) is 0 Å². The van der Waals surface area contributed by atoms with Gasteiger partial charge >= 0.3 is 5.97 Å². The van der Waals surface area contributed by atoms with E-state index in [0.717, 1.165) is 10.9 Å². The highest BCUT2D eigenvalue weighted by atomic mass is 16.6. The summed E-state index contributed by atoms with van der Waals surface area (Å²) in [7, 11) is 6.50. The van der Waals surface area contributed by atoms with Crippen LogP contribution >= 0.6 is 0 Å². The molecule has 1 unspecified atom stereocenters. The normalized spacial score (nSPS) is 13.2. The molecule has 0 saturated carbocycles. The first kappa shape index (κ1) is 16.1. The van der Waals surface area contributed by atoms with Gasteiger partial charge in [-0.25, -0.2) is 4.79 Å².